The van der Waals surface area contributed by atoms with Crippen LogP contribution in [0.3, 0.4) is 0 Å². The molecular formula is C33H35F3N2O6. The molecule has 1 N–H and O–H groups in total. The van der Waals surface area contributed by atoms with Crippen molar-refractivity contribution in [2.45, 2.75) is 81.0 Å². The standard InChI is InChI=1S/C33H35F3N2O6/c1-19(39)43-32-13-12-24(37(2)27(41)11-8-20-4-3-5-23(16-20)44-33(34,35)36)30-31(32)14-15-38(18-21-6-7-21)26(32)17-22-9-10-25(40)29(42-30)28(22)31/h3-5,8-11,16,21,24,26,30,40H,6-7,12-15,17-18H2,1-2H3/t24-,26+,30-,31-,32+/m0/s1. The third-order valence-corrected chi connectivity index (χ3v) is 10.4. The molecule has 5 aliphatic rings. The van der Waals surface area contributed by atoms with E-state index in [1.807, 2.05) is 6.07 Å². The lowest BCUT2D eigenvalue weighted by Gasteiger charge is -2.65. The monoisotopic (exact) mass is 612 g/mol. The molecule has 1 saturated heterocycles. The molecule has 2 aromatic carbocycles. The van der Waals surface area contributed by atoms with Crippen LogP contribution in [-0.2, 0) is 26.2 Å². The second kappa shape index (κ2) is 10.2. The number of hydrogen-bond acceptors (Lipinski definition) is 7. The number of likely N-dealkylation sites (N-methyl/N-ethyl adjacent to an activating group) is 1. The number of ether oxygens (including phenoxy) is 3. The molecule has 1 amide bonds. The first-order chi connectivity index (χ1) is 20.9. The Morgan fingerprint density at radius 2 is 1.98 bits per heavy atom. The van der Waals surface area contributed by atoms with Crippen molar-refractivity contribution in [3.8, 4) is 17.2 Å². The van der Waals surface area contributed by atoms with Crippen molar-refractivity contribution in [3.05, 3.63) is 59.2 Å². The summed E-state index contributed by atoms with van der Waals surface area (Å²) in [4.78, 5) is 30.5. The van der Waals surface area contributed by atoms with Crippen LogP contribution in [0.2, 0.25) is 0 Å². The fraction of sp³-hybridized carbons (Fsp3) is 0.515. The summed E-state index contributed by atoms with van der Waals surface area (Å²) < 4.78 is 55.2. The lowest BCUT2D eigenvalue weighted by atomic mass is 9.48. The van der Waals surface area contributed by atoms with Crippen LogP contribution >= 0.6 is 0 Å². The Bertz CT molecular complexity index is 1540. The predicted octanol–water partition coefficient (Wildman–Crippen LogP) is 4.97. The average molecular weight is 613 g/mol. The maximum atomic E-state index is 13.6. The van der Waals surface area contributed by atoms with Gasteiger partial charge < -0.3 is 24.2 Å². The smallest absolute Gasteiger partial charge is 0.504 e. The van der Waals surface area contributed by atoms with E-state index in [4.69, 9.17) is 9.47 Å². The van der Waals surface area contributed by atoms with Gasteiger partial charge in [0, 0.05) is 32.2 Å². The van der Waals surface area contributed by atoms with Crippen molar-refractivity contribution >= 4 is 18.0 Å². The van der Waals surface area contributed by atoms with E-state index in [2.05, 4.69) is 9.64 Å². The summed E-state index contributed by atoms with van der Waals surface area (Å²) in [5.74, 6) is -0.00340. The van der Waals surface area contributed by atoms with Gasteiger partial charge in [0.2, 0.25) is 5.91 Å². The van der Waals surface area contributed by atoms with Gasteiger partial charge in [-0.05, 0) is 86.4 Å². The van der Waals surface area contributed by atoms with Crippen LogP contribution in [0, 0.1) is 5.92 Å². The number of rotatable bonds is 7. The van der Waals surface area contributed by atoms with Crippen LogP contribution in [0.5, 0.6) is 17.2 Å². The third kappa shape index (κ3) is 4.53. The normalized spacial score (nSPS) is 30.4. The lowest BCUT2D eigenvalue weighted by Crippen LogP contribution is -2.79. The fourth-order valence-corrected chi connectivity index (χ4v) is 8.55. The van der Waals surface area contributed by atoms with Crippen LogP contribution in [0.25, 0.3) is 6.08 Å². The molecule has 11 heteroatoms. The van der Waals surface area contributed by atoms with E-state index in [0.29, 0.717) is 42.9 Å². The van der Waals surface area contributed by atoms with Crippen LogP contribution in [0.1, 0.15) is 55.7 Å². The zero-order chi connectivity index (χ0) is 31.0. The second-order valence-electron chi connectivity index (χ2n) is 12.9. The molecule has 2 aliphatic heterocycles. The van der Waals surface area contributed by atoms with Crippen molar-refractivity contribution in [2.24, 2.45) is 5.92 Å². The molecule has 3 aliphatic carbocycles. The lowest BCUT2D eigenvalue weighted by molar-refractivity contribution is -0.274. The Kier molecular flexibility index (Phi) is 6.69. The number of phenols is 1. The number of amides is 1. The topological polar surface area (TPSA) is 88.5 Å². The van der Waals surface area contributed by atoms with E-state index < -0.39 is 29.5 Å². The number of halogens is 3. The number of carbonyl (C=O) groups excluding carboxylic acids is 2. The SMILES string of the molecule is CC(=O)O[C@@]12CC[C@H](N(C)C(=O)C=Cc3cccc(OC(F)(F)F)c3)[C@@H]3Oc4c(O)ccc5c4[C@@]31CCN(CC1CC1)[C@@H]2C5. The summed E-state index contributed by atoms with van der Waals surface area (Å²) in [5, 5.41) is 11.0. The minimum atomic E-state index is -4.82. The van der Waals surface area contributed by atoms with Crippen LogP contribution < -0.4 is 9.47 Å². The Balaban J connectivity index is 1.23. The van der Waals surface area contributed by atoms with Gasteiger partial charge >= 0.3 is 12.3 Å². The summed E-state index contributed by atoms with van der Waals surface area (Å²) in [7, 11) is 1.69. The largest absolute Gasteiger partial charge is 0.573 e. The number of nitrogens with zero attached hydrogens (tertiary/aromatic N) is 2. The summed E-state index contributed by atoms with van der Waals surface area (Å²) >= 11 is 0. The van der Waals surface area contributed by atoms with Gasteiger partial charge in [-0.1, -0.05) is 18.2 Å². The van der Waals surface area contributed by atoms with Gasteiger partial charge in [-0.3, -0.25) is 14.5 Å². The van der Waals surface area contributed by atoms with Crippen molar-refractivity contribution in [3.63, 3.8) is 0 Å². The number of benzene rings is 2. The number of hydrogen-bond donors (Lipinski definition) is 1. The molecular weight excluding hydrogens is 577 g/mol. The second-order valence-corrected chi connectivity index (χ2v) is 12.9. The predicted molar refractivity (Wildman–Crippen MR) is 153 cm³/mol. The third-order valence-electron chi connectivity index (χ3n) is 10.4. The van der Waals surface area contributed by atoms with Crippen molar-refractivity contribution in [1.82, 2.24) is 9.80 Å². The van der Waals surface area contributed by atoms with Crippen LogP contribution in [-0.4, -0.2) is 77.1 Å². The number of phenolic OH excluding ortho intramolecular Hbond substituents is 1. The van der Waals surface area contributed by atoms with Crippen LogP contribution in [0.4, 0.5) is 13.2 Å². The first kappa shape index (κ1) is 29.0. The Hall–Kier alpha value is -3.73. The van der Waals surface area contributed by atoms with Crippen molar-refractivity contribution in [2.75, 3.05) is 20.1 Å². The molecule has 5 atom stereocenters. The quantitative estimate of drug-likeness (QED) is 0.349. The highest BCUT2D eigenvalue weighted by Gasteiger charge is 2.75. The van der Waals surface area contributed by atoms with E-state index in [9.17, 15) is 27.9 Å². The highest BCUT2D eigenvalue weighted by atomic mass is 19.4. The highest BCUT2D eigenvalue weighted by Crippen LogP contribution is 2.67. The van der Waals surface area contributed by atoms with Gasteiger partial charge in [-0.25, -0.2) is 0 Å². The van der Waals surface area contributed by atoms with Gasteiger partial charge in [0.1, 0.15) is 17.5 Å². The molecule has 0 unspecified atom stereocenters. The molecule has 2 bridgehead atoms. The molecule has 8 nitrogen and oxygen atoms in total. The molecule has 234 valence electrons. The molecule has 44 heavy (non-hydrogen) atoms. The van der Waals surface area contributed by atoms with E-state index in [1.165, 1.54) is 50.1 Å². The van der Waals surface area contributed by atoms with Gasteiger partial charge in [-0.2, -0.15) is 0 Å². The summed E-state index contributed by atoms with van der Waals surface area (Å²) in [6, 6.07) is 8.55. The molecule has 2 aromatic rings. The number of esters is 1. The van der Waals surface area contributed by atoms with Gasteiger partial charge in [-0.15, -0.1) is 13.2 Å². The summed E-state index contributed by atoms with van der Waals surface area (Å²) in [6.07, 6.45) is 2.15. The molecule has 3 fully saturated rings. The van der Waals surface area contributed by atoms with Gasteiger partial charge in [0.15, 0.2) is 11.5 Å². The first-order valence-corrected chi connectivity index (χ1v) is 15.2. The molecule has 7 rings (SSSR count). The van der Waals surface area contributed by atoms with E-state index in [0.717, 1.165) is 24.2 Å². The number of aromatic hydroxyl groups is 1. The Morgan fingerprint density at radius 1 is 1.18 bits per heavy atom. The molecule has 2 heterocycles. The fourth-order valence-electron chi connectivity index (χ4n) is 8.55. The maximum absolute atomic E-state index is 13.6. The van der Waals surface area contributed by atoms with E-state index in [-0.39, 0.29) is 29.4 Å². The van der Waals surface area contributed by atoms with Crippen molar-refractivity contribution < 1.29 is 42.1 Å². The summed E-state index contributed by atoms with van der Waals surface area (Å²) in [5.41, 5.74) is 0.715. The zero-order valence-electron chi connectivity index (χ0n) is 24.6. The van der Waals surface area contributed by atoms with Gasteiger partial charge in [0.05, 0.1) is 17.5 Å². The number of piperidine rings is 1. The highest BCUT2D eigenvalue weighted by molar-refractivity contribution is 5.92. The number of alkyl halides is 3. The van der Waals surface area contributed by atoms with Crippen molar-refractivity contribution in [1.29, 1.82) is 0 Å². The number of likely N-dealkylation sites (tertiary alicyclic amines) is 1. The first-order valence-electron chi connectivity index (χ1n) is 15.2. The molecule has 1 spiro atoms. The Morgan fingerprint density at radius 3 is 2.70 bits per heavy atom. The van der Waals surface area contributed by atoms with E-state index >= 15 is 0 Å². The molecule has 0 aromatic heterocycles. The summed E-state index contributed by atoms with van der Waals surface area (Å²) in [6.45, 7) is 3.19. The van der Waals surface area contributed by atoms with Gasteiger partial charge in [0.25, 0.3) is 0 Å². The zero-order valence-corrected chi connectivity index (χ0v) is 24.6. The Labute approximate surface area is 253 Å². The molecule has 2 saturated carbocycles. The van der Waals surface area contributed by atoms with Crippen LogP contribution in [0.15, 0.2) is 42.5 Å². The maximum Gasteiger partial charge on any atom is 0.573 e. The number of carbonyl (C=O) groups is 2. The molecule has 0 radical (unpaired) electrons. The van der Waals surface area contributed by atoms with E-state index in [1.54, 1.807) is 24.1 Å². The minimum absolute atomic E-state index is 0.0247. The minimum Gasteiger partial charge on any atom is -0.504 e. The average Bonchev–Trinajstić information content (AvgIpc) is 3.70.